The van der Waals surface area contributed by atoms with E-state index in [1.807, 2.05) is 29.7 Å². The lowest BCUT2D eigenvalue weighted by Crippen LogP contribution is -2.50. The Labute approximate surface area is 188 Å². The van der Waals surface area contributed by atoms with E-state index in [1.165, 1.54) is 12.1 Å². The van der Waals surface area contributed by atoms with E-state index in [9.17, 15) is 14.0 Å². The molecule has 0 N–H and O–H groups in total. The molecule has 0 atom stereocenters. The molecule has 2 aromatic rings. The summed E-state index contributed by atoms with van der Waals surface area (Å²) in [6.45, 7) is 7.78. The first-order chi connectivity index (χ1) is 15.3. The first-order valence-electron chi connectivity index (χ1n) is 11.2. The number of aromatic nitrogens is 1. The van der Waals surface area contributed by atoms with Crippen molar-refractivity contribution in [3.8, 4) is 0 Å². The van der Waals surface area contributed by atoms with Crippen LogP contribution in [0.5, 0.6) is 0 Å². The van der Waals surface area contributed by atoms with E-state index in [-0.39, 0.29) is 23.5 Å². The van der Waals surface area contributed by atoms with Crippen LogP contribution in [0, 0.1) is 18.2 Å². The predicted molar refractivity (Wildman–Crippen MR) is 118 cm³/mol. The summed E-state index contributed by atoms with van der Waals surface area (Å²) in [7, 11) is 0. The van der Waals surface area contributed by atoms with Crippen molar-refractivity contribution >= 4 is 11.8 Å². The third-order valence-corrected chi connectivity index (χ3v) is 6.69. The van der Waals surface area contributed by atoms with Crippen molar-refractivity contribution in [2.75, 3.05) is 19.6 Å². The largest absolute Gasteiger partial charge is 0.361 e. The minimum atomic E-state index is -0.506. The normalized spacial score (nSPS) is 18.5. The third kappa shape index (κ3) is 4.20. The first kappa shape index (κ1) is 22.2. The monoisotopic (exact) mass is 439 g/mol. The third-order valence-electron chi connectivity index (χ3n) is 6.69. The SMILES string of the molecule is Cc1onc(C(C)C)c1C(=O)N1CCC2(CC=CCN(Cc3ccc(F)cc3)C2=O)CC1. The van der Waals surface area contributed by atoms with Crippen LogP contribution in [0.3, 0.4) is 0 Å². The molecule has 2 aliphatic rings. The van der Waals surface area contributed by atoms with Gasteiger partial charge in [-0.1, -0.05) is 43.3 Å². The van der Waals surface area contributed by atoms with Gasteiger partial charge in [0.05, 0.1) is 11.1 Å². The van der Waals surface area contributed by atoms with Crippen molar-refractivity contribution < 1.29 is 18.5 Å². The molecule has 0 saturated carbocycles. The van der Waals surface area contributed by atoms with Gasteiger partial charge in [0.2, 0.25) is 5.91 Å². The van der Waals surface area contributed by atoms with Gasteiger partial charge in [0.1, 0.15) is 17.1 Å². The van der Waals surface area contributed by atoms with Crippen LogP contribution in [0.1, 0.15) is 66.4 Å². The lowest BCUT2D eigenvalue weighted by Gasteiger charge is -2.42. The Hall–Kier alpha value is -2.96. The molecule has 1 fully saturated rings. The highest BCUT2D eigenvalue weighted by Crippen LogP contribution is 2.40. The molecule has 2 aliphatic heterocycles. The molecule has 4 rings (SSSR count). The van der Waals surface area contributed by atoms with E-state index in [4.69, 9.17) is 4.52 Å². The molecular formula is C25H30FN3O3. The number of rotatable bonds is 4. The van der Waals surface area contributed by atoms with Crippen LogP contribution in [-0.4, -0.2) is 46.4 Å². The summed E-state index contributed by atoms with van der Waals surface area (Å²) in [5.41, 5.74) is 1.64. The zero-order chi connectivity index (χ0) is 22.9. The van der Waals surface area contributed by atoms with E-state index in [1.54, 1.807) is 19.1 Å². The van der Waals surface area contributed by atoms with Crippen LogP contribution >= 0.6 is 0 Å². The van der Waals surface area contributed by atoms with Gasteiger partial charge < -0.3 is 14.3 Å². The zero-order valence-corrected chi connectivity index (χ0v) is 18.9. The lowest BCUT2D eigenvalue weighted by atomic mass is 9.74. The van der Waals surface area contributed by atoms with E-state index in [0.717, 1.165) is 5.56 Å². The molecular weight excluding hydrogens is 409 g/mol. The number of likely N-dealkylation sites (tertiary alicyclic amines) is 1. The fourth-order valence-electron chi connectivity index (χ4n) is 4.72. The number of nitrogens with zero attached hydrogens (tertiary/aromatic N) is 3. The number of halogens is 1. The molecule has 1 spiro atoms. The number of hydrogen-bond acceptors (Lipinski definition) is 4. The Morgan fingerprint density at radius 2 is 1.88 bits per heavy atom. The zero-order valence-electron chi connectivity index (χ0n) is 18.9. The maximum Gasteiger partial charge on any atom is 0.259 e. The van der Waals surface area contributed by atoms with Gasteiger partial charge in [0.25, 0.3) is 5.91 Å². The highest BCUT2D eigenvalue weighted by Gasteiger charge is 2.44. The number of amides is 2. The number of allylic oxidation sites excluding steroid dienone is 1. The van der Waals surface area contributed by atoms with Gasteiger partial charge in [0.15, 0.2) is 0 Å². The van der Waals surface area contributed by atoms with Gasteiger partial charge in [0, 0.05) is 26.2 Å². The van der Waals surface area contributed by atoms with Gasteiger partial charge >= 0.3 is 0 Å². The number of aryl methyl sites for hydroxylation is 1. The minimum Gasteiger partial charge on any atom is -0.361 e. The molecule has 1 aromatic carbocycles. The minimum absolute atomic E-state index is 0.0675. The second-order valence-corrected chi connectivity index (χ2v) is 9.21. The second-order valence-electron chi connectivity index (χ2n) is 9.21. The van der Waals surface area contributed by atoms with E-state index >= 15 is 0 Å². The van der Waals surface area contributed by atoms with Crippen LogP contribution in [0.4, 0.5) is 4.39 Å². The highest BCUT2D eigenvalue weighted by atomic mass is 19.1. The van der Waals surface area contributed by atoms with Crippen LogP contribution in [-0.2, 0) is 11.3 Å². The van der Waals surface area contributed by atoms with Crippen molar-refractivity contribution in [3.05, 3.63) is 64.8 Å². The van der Waals surface area contributed by atoms with Crippen LogP contribution in [0.2, 0.25) is 0 Å². The molecule has 170 valence electrons. The quantitative estimate of drug-likeness (QED) is 0.660. The molecule has 0 bridgehead atoms. The summed E-state index contributed by atoms with van der Waals surface area (Å²) in [4.78, 5) is 30.5. The van der Waals surface area contributed by atoms with Crippen molar-refractivity contribution in [1.82, 2.24) is 15.0 Å². The average Bonchev–Trinajstić information content (AvgIpc) is 3.11. The Morgan fingerprint density at radius 1 is 1.19 bits per heavy atom. The Bertz CT molecular complexity index is 1020. The van der Waals surface area contributed by atoms with E-state index in [0.29, 0.717) is 62.5 Å². The van der Waals surface area contributed by atoms with Gasteiger partial charge in [-0.3, -0.25) is 9.59 Å². The Balaban J connectivity index is 1.48. The number of benzene rings is 1. The number of carbonyl (C=O) groups excluding carboxylic acids is 2. The van der Waals surface area contributed by atoms with Gasteiger partial charge in [-0.15, -0.1) is 0 Å². The standard InChI is InChI=1S/C25H30FN3O3/c1-17(2)22-21(18(3)32-27-22)23(30)28-14-11-25(12-15-28)10-4-5-13-29(24(25)31)16-19-6-8-20(26)9-7-19/h4-9,17H,10-16H2,1-3H3. The summed E-state index contributed by atoms with van der Waals surface area (Å²) in [6, 6.07) is 6.29. The summed E-state index contributed by atoms with van der Waals surface area (Å²) in [5, 5.41) is 4.08. The second kappa shape index (κ2) is 8.88. The maximum atomic E-state index is 13.6. The maximum absolute atomic E-state index is 13.6. The number of piperidine rings is 1. The van der Waals surface area contributed by atoms with E-state index < -0.39 is 5.41 Å². The lowest BCUT2D eigenvalue weighted by molar-refractivity contribution is -0.144. The molecule has 7 heteroatoms. The molecule has 3 heterocycles. The Kier molecular flexibility index (Phi) is 6.17. The van der Waals surface area contributed by atoms with Gasteiger partial charge in [-0.2, -0.15) is 0 Å². The number of carbonyl (C=O) groups is 2. The van der Waals surface area contributed by atoms with Crippen LogP contribution in [0.25, 0.3) is 0 Å². The topological polar surface area (TPSA) is 66.7 Å². The molecule has 6 nitrogen and oxygen atoms in total. The number of hydrogen-bond donors (Lipinski definition) is 0. The molecule has 0 aliphatic carbocycles. The van der Waals surface area contributed by atoms with Crippen molar-refractivity contribution in [2.24, 2.45) is 5.41 Å². The summed E-state index contributed by atoms with van der Waals surface area (Å²) >= 11 is 0. The highest BCUT2D eigenvalue weighted by molar-refractivity contribution is 5.96. The molecule has 1 saturated heterocycles. The fourth-order valence-corrected chi connectivity index (χ4v) is 4.72. The smallest absolute Gasteiger partial charge is 0.259 e. The molecule has 0 radical (unpaired) electrons. The van der Waals surface area contributed by atoms with Crippen LogP contribution in [0.15, 0.2) is 40.9 Å². The van der Waals surface area contributed by atoms with Crippen LogP contribution < -0.4 is 0 Å². The summed E-state index contributed by atoms with van der Waals surface area (Å²) in [6.07, 6.45) is 6.02. The molecule has 0 unspecified atom stereocenters. The Morgan fingerprint density at radius 3 is 2.53 bits per heavy atom. The van der Waals surface area contributed by atoms with Gasteiger partial charge in [-0.25, -0.2) is 4.39 Å². The van der Waals surface area contributed by atoms with Gasteiger partial charge in [-0.05, 0) is 49.8 Å². The predicted octanol–water partition coefficient (Wildman–Crippen LogP) is 4.46. The first-order valence-corrected chi connectivity index (χ1v) is 11.2. The van der Waals surface area contributed by atoms with Crippen molar-refractivity contribution in [2.45, 2.75) is 52.5 Å². The summed E-state index contributed by atoms with van der Waals surface area (Å²) in [5.74, 6) is 0.395. The van der Waals surface area contributed by atoms with Crippen molar-refractivity contribution in [1.29, 1.82) is 0 Å². The summed E-state index contributed by atoms with van der Waals surface area (Å²) < 4.78 is 18.6. The fraction of sp³-hybridized carbons (Fsp3) is 0.480. The molecule has 1 aromatic heterocycles. The average molecular weight is 440 g/mol. The van der Waals surface area contributed by atoms with E-state index in [2.05, 4.69) is 11.2 Å². The molecule has 2 amide bonds. The van der Waals surface area contributed by atoms with Crippen molar-refractivity contribution in [3.63, 3.8) is 0 Å². The molecule has 32 heavy (non-hydrogen) atoms.